The lowest BCUT2D eigenvalue weighted by Gasteiger charge is -2.27. The molecule has 0 atom stereocenters. The lowest BCUT2D eigenvalue weighted by atomic mass is 9.88. The largest absolute Gasteiger partial charge is 0.286 e. The minimum atomic E-state index is 0.164. The molecule has 1 amide bonds. The first-order chi connectivity index (χ1) is 12.2. The van der Waals surface area contributed by atoms with E-state index < -0.39 is 0 Å². The zero-order valence-electron chi connectivity index (χ0n) is 15.2. The van der Waals surface area contributed by atoms with E-state index in [1.807, 2.05) is 11.0 Å². The molecule has 0 bridgehead atoms. The second kappa shape index (κ2) is 8.56. The summed E-state index contributed by atoms with van der Waals surface area (Å²) >= 11 is 1.53. The maximum atomic E-state index is 13.1. The molecule has 0 N–H and O–H groups in total. The number of aromatic nitrogens is 2. The van der Waals surface area contributed by atoms with Crippen LogP contribution in [0.5, 0.6) is 0 Å². The third-order valence-corrected chi connectivity index (χ3v) is 5.86. The highest BCUT2D eigenvalue weighted by atomic mass is 32.1. The van der Waals surface area contributed by atoms with Crippen molar-refractivity contribution >= 4 is 22.4 Å². The lowest BCUT2D eigenvalue weighted by Crippen LogP contribution is -2.37. The van der Waals surface area contributed by atoms with Gasteiger partial charge in [0.1, 0.15) is 5.01 Å². The topological polar surface area (TPSA) is 46.1 Å². The van der Waals surface area contributed by atoms with Crippen molar-refractivity contribution in [2.24, 2.45) is 5.92 Å². The number of unbranched alkanes of at least 4 members (excludes halogenated alkanes) is 1. The Hall–Kier alpha value is -1.75. The molecule has 0 unspecified atom stereocenters. The molecule has 0 aliphatic heterocycles. The number of rotatable bonds is 6. The smallest absolute Gasteiger partial charge is 0.231 e. The molecule has 2 aromatic rings. The number of anilines is 1. The molecule has 1 aliphatic rings. The van der Waals surface area contributed by atoms with Crippen LogP contribution >= 0.6 is 11.3 Å². The van der Waals surface area contributed by atoms with Crippen molar-refractivity contribution in [2.45, 2.75) is 58.8 Å². The Morgan fingerprint density at radius 1 is 1.24 bits per heavy atom. The van der Waals surface area contributed by atoms with Gasteiger partial charge in [0.15, 0.2) is 0 Å². The maximum absolute atomic E-state index is 13.1. The number of nitrogens with zero attached hydrogens (tertiary/aromatic N) is 3. The molecule has 1 aromatic heterocycles. The van der Waals surface area contributed by atoms with Gasteiger partial charge in [-0.05, 0) is 32.3 Å². The fraction of sp³-hybridized carbons (Fsp3) is 0.550. The van der Waals surface area contributed by atoms with Crippen molar-refractivity contribution in [3.05, 3.63) is 29.8 Å². The first-order valence-electron chi connectivity index (χ1n) is 9.41. The van der Waals surface area contributed by atoms with Gasteiger partial charge in [0.2, 0.25) is 11.0 Å². The first-order valence-corrected chi connectivity index (χ1v) is 10.2. The van der Waals surface area contributed by atoms with Crippen molar-refractivity contribution in [3.8, 4) is 10.6 Å². The van der Waals surface area contributed by atoms with E-state index in [0.717, 1.165) is 47.9 Å². The van der Waals surface area contributed by atoms with Crippen LogP contribution in [0.4, 0.5) is 5.13 Å². The van der Waals surface area contributed by atoms with Crippen molar-refractivity contribution in [1.29, 1.82) is 0 Å². The highest BCUT2D eigenvalue weighted by Crippen LogP contribution is 2.32. The molecule has 1 heterocycles. The van der Waals surface area contributed by atoms with Gasteiger partial charge in [-0.2, -0.15) is 0 Å². The number of hydrogen-bond donors (Lipinski definition) is 0. The number of carbonyl (C=O) groups excluding carboxylic acids is 1. The predicted octanol–water partition coefficient (Wildman–Crippen LogP) is 5.23. The lowest BCUT2D eigenvalue weighted by molar-refractivity contribution is -0.123. The molecule has 25 heavy (non-hydrogen) atoms. The van der Waals surface area contributed by atoms with Crippen LogP contribution in [0.25, 0.3) is 10.6 Å². The third kappa shape index (κ3) is 4.46. The fourth-order valence-corrected chi connectivity index (χ4v) is 4.28. The van der Waals surface area contributed by atoms with Gasteiger partial charge in [-0.1, -0.05) is 67.7 Å². The molecule has 0 saturated heterocycles. The SMILES string of the molecule is CCCCN(C(=O)C1CCCCC1)c1nnc(-c2cccc(C)c2)s1. The molecule has 1 aromatic carbocycles. The van der Waals surface area contributed by atoms with Gasteiger partial charge >= 0.3 is 0 Å². The Kier molecular flexibility index (Phi) is 6.19. The molecule has 0 spiro atoms. The van der Waals surface area contributed by atoms with Crippen molar-refractivity contribution in [3.63, 3.8) is 0 Å². The minimum Gasteiger partial charge on any atom is -0.286 e. The Morgan fingerprint density at radius 2 is 2.04 bits per heavy atom. The van der Waals surface area contributed by atoms with Crippen LogP contribution in [0.15, 0.2) is 24.3 Å². The summed E-state index contributed by atoms with van der Waals surface area (Å²) in [4.78, 5) is 15.0. The zero-order valence-corrected chi connectivity index (χ0v) is 16.0. The molecule has 5 heteroatoms. The van der Waals surface area contributed by atoms with Crippen LogP contribution in [0.1, 0.15) is 57.4 Å². The zero-order chi connectivity index (χ0) is 17.6. The van der Waals surface area contributed by atoms with Gasteiger partial charge in [0, 0.05) is 18.0 Å². The highest BCUT2D eigenvalue weighted by Gasteiger charge is 2.28. The van der Waals surface area contributed by atoms with E-state index in [1.165, 1.54) is 36.2 Å². The summed E-state index contributed by atoms with van der Waals surface area (Å²) in [6.07, 6.45) is 7.70. The average molecular weight is 358 g/mol. The summed E-state index contributed by atoms with van der Waals surface area (Å²) < 4.78 is 0. The second-order valence-corrected chi connectivity index (χ2v) is 7.89. The summed E-state index contributed by atoms with van der Waals surface area (Å²) in [5.74, 6) is 0.414. The molecule has 1 fully saturated rings. The minimum absolute atomic E-state index is 0.164. The molecular weight excluding hydrogens is 330 g/mol. The molecule has 0 radical (unpaired) electrons. The first kappa shape index (κ1) is 18.1. The Labute approximate surface area is 154 Å². The van der Waals surface area contributed by atoms with E-state index >= 15 is 0 Å². The third-order valence-electron chi connectivity index (χ3n) is 4.87. The number of benzene rings is 1. The quantitative estimate of drug-likeness (QED) is 0.711. The summed E-state index contributed by atoms with van der Waals surface area (Å²) in [7, 11) is 0. The van der Waals surface area contributed by atoms with E-state index in [1.54, 1.807) is 0 Å². The van der Waals surface area contributed by atoms with Crippen molar-refractivity contribution in [1.82, 2.24) is 10.2 Å². The van der Waals surface area contributed by atoms with Crippen LogP contribution in [-0.4, -0.2) is 22.6 Å². The molecular formula is C20H27N3OS. The van der Waals surface area contributed by atoms with E-state index in [2.05, 4.69) is 42.2 Å². The maximum Gasteiger partial charge on any atom is 0.231 e. The Bertz CT molecular complexity index is 706. The summed E-state index contributed by atoms with van der Waals surface area (Å²) in [6.45, 7) is 4.97. The molecule has 134 valence electrons. The molecule has 1 aliphatic carbocycles. The van der Waals surface area contributed by atoms with E-state index in [4.69, 9.17) is 0 Å². The standard InChI is InChI=1S/C20H27N3OS/c1-3-4-13-23(19(24)16-10-6-5-7-11-16)20-22-21-18(25-20)17-12-8-9-15(2)14-17/h8-9,12,14,16H,3-7,10-11,13H2,1-2H3. The number of amides is 1. The summed E-state index contributed by atoms with van der Waals surface area (Å²) in [5, 5.41) is 10.4. The number of aryl methyl sites for hydroxylation is 1. The summed E-state index contributed by atoms with van der Waals surface area (Å²) in [6, 6.07) is 8.28. The monoisotopic (exact) mass is 357 g/mol. The van der Waals surface area contributed by atoms with Gasteiger partial charge in [0.05, 0.1) is 0 Å². The molecule has 3 rings (SSSR count). The van der Waals surface area contributed by atoms with Crippen molar-refractivity contribution in [2.75, 3.05) is 11.4 Å². The van der Waals surface area contributed by atoms with Gasteiger partial charge in [0.25, 0.3) is 0 Å². The van der Waals surface area contributed by atoms with E-state index in [-0.39, 0.29) is 11.8 Å². The Balaban J connectivity index is 1.82. The van der Waals surface area contributed by atoms with Gasteiger partial charge in [-0.15, -0.1) is 10.2 Å². The number of carbonyl (C=O) groups is 1. The molecule has 1 saturated carbocycles. The van der Waals surface area contributed by atoms with Gasteiger partial charge in [-0.25, -0.2) is 0 Å². The average Bonchev–Trinajstić information content (AvgIpc) is 3.12. The van der Waals surface area contributed by atoms with E-state index in [0.29, 0.717) is 0 Å². The van der Waals surface area contributed by atoms with Crippen LogP contribution in [-0.2, 0) is 4.79 Å². The molecule has 4 nitrogen and oxygen atoms in total. The van der Waals surface area contributed by atoms with Crippen LogP contribution in [0.2, 0.25) is 0 Å². The predicted molar refractivity (Wildman–Crippen MR) is 104 cm³/mol. The fourth-order valence-electron chi connectivity index (χ4n) is 3.41. The van der Waals surface area contributed by atoms with Gasteiger partial charge in [-0.3, -0.25) is 9.69 Å². The second-order valence-electron chi connectivity index (χ2n) is 6.94. The van der Waals surface area contributed by atoms with E-state index in [9.17, 15) is 4.79 Å². The number of hydrogen-bond acceptors (Lipinski definition) is 4. The van der Waals surface area contributed by atoms with Crippen LogP contribution in [0.3, 0.4) is 0 Å². The summed E-state index contributed by atoms with van der Waals surface area (Å²) in [5.41, 5.74) is 2.28. The van der Waals surface area contributed by atoms with Crippen LogP contribution < -0.4 is 4.90 Å². The van der Waals surface area contributed by atoms with Crippen LogP contribution in [0, 0.1) is 12.8 Å². The highest BCUT2D eigenvalue weighted by molar-refractivity contribution is 7.18. The van der Waals surface area contributed by atoms with Crippen molar-refractivity contribution < 1.29 is 4.79 Å². The Morgan fingerprint density at radius 3 is 2.76 bits per heavy atom. The normalized spacial score (nSPS) is 15.3. The van der Waals surface area contributed by atoms with Gasteiger partial charge < -0.3 is 0 Å².